The zero-order chi connectivity index (χ0) is 19.3. The molecule has 2 aromatic heterocycles. The molecular weight excluding hydrogens is 378 g/mol. The molecule has 0 aliphatic carbocycles. The first-order chi connectivity index (χ1) is 13.7. The maximum Gasteiger partial charge on any atom is 0.280 e. The van der Waals surface area contributed by atoms with E-state index in [9.17, 15) is 4.79 Å². The van der Waals surface area contributed by atoms with Gasteiger partial charge in [-0.3, -0.25) is 19.6 Å². The first-order valence-electron chi connectivity index (χ1n) is 9.07. The van der Waals surface area contributed by atoms with Crippen LogP contribution in [0.15, 0.2) is 36.8 Å². The van der Waals surface area contributed by atoms with Crippen molar-refractivity contribution < 1.29 is 14.3 Å². The molecule has 8 nitrogen and oxygen atoms in total. The lowest BCUT2D eigenvalue weighted by Crippen LogP contribution is -2.43. The second-order valence-electron chi connectivity index (χ2n) is 6.33. The van der Waals surface area contributed by atoms with Crippen LogP contribution in [-0.2, 0) is 4.74 Å². The Bertz CT molecular complexity index is 943. The molecule has 4 rings (SSSR count). The van der Waals surface area contributed by atoms with Gasteiger partial charge in [-0.15, -0.1) is 0 Å². The second kappa shape index (κ2) is 8.59. The number of hydrogen-bond donors (Lipinski definition) is 0. The van der Waals surface area contributed by atoms with E-state index in [0.717, 1.165) is 48.8 Å². The molecule has 3 heterocycles. The fourth-order valence-electron chi connectivity index (χ4n) is 3.04. The normalized spacial score (nSPS) is 14.9. The van der Waals surface area contributed by atoms with Crippen molar-refractivity contribution in [2.75, 3.05) is 51.4 Å². The van der Waals surface area contributed by atoms with Crippen LogP contribution < -0.4 is 9.64 Å². The summed E-state index contributed by atoms with van der Waals surface area (Å²) in [6, 6.07) is 5.73. The highest BCUT2D eigenvalue weighted by Crippen LogP contribution is 2.31. The minimum atomic E-state index is -0.201. The number of carbonyl (C=O) groups excluding carboxylic acids is 1. The monoisotopic (exact) mass is 399 g/mol. The minimum Gasteiger partial charge on any atom is -0.497 e. The molecule has 0 unspecified atom stereocenters. The Hall–Kier alpha value is -2.62. The van der Waals surface area contributed by atoms with Crippen molar-refractivity contribution in [3.63, 3.8) is 0 Å². The summed E-state index contributed by atoms with van der Waals surface area (Å²) in [5.74, 6) is 0.539. The molecule has 0 spiro atoms. The number of anilines is 1. The van der Waals surface area contributed by atoms with E-state index in [1.54, 1.807) is 18.2 Å². The van der Waals surface area contributed by atoms with Gasteiger partial charge in [-0.2, -0.15) is 0 Å². The van der Waals surface area contributed by atoms with Gasteiger partial charge in [0, 0.05) is 44.6 Å². The first kappa shape index (κ1) is 18.7. The van der Waals surface area contributed by atoms with E-state index in [2.05, 4.69) is 19.9 Å². The van der Waals surface area contributed by atoms with Crippen LogP contribution in [0.4, 0.5) is 5.13 Å². The molecule has 28 heavy (non-hydrogen) atoms. The number of nitrogens with zero attached hydrogens (tertiary/aromatic N) is 5. The van der Waals surface area contributed by atoms with Crippen LogP contribution in [0.2, 0.25) is 0 Å². The molecule has 0 N–H and O–H groups in total. The summed E-state index contributed by atoms with van der Waals surface area (Å²) >= 11 is 1.48. The number of thiazole rings is 1. The number of morpholine rings is 1. The fraction of sp³-hybridized carbons (Fsp3) is 0.368. The fourth-order valence-corrected chi connectivity index (χ4v) is 4.01. The van der Waals surface area contributed by atoms with Crippen molar-refractivity contribution in [2.24, 2.45) is 0 Å². The van der Waals surface area contributed by atoms with E-state index in [-0.39, 0.29) is 5.91 Å². The molecule has 1 fully saturated rings. The zero-order valence-electron chi connectivity index (χ0n) is 15.6. The number of hydrogen-bond acceptors (Lipinski definition) is 8. The van der Waals surface area contributed by atoms with Gasteiger partial charge in [0.2, 0.25) is 0 Å². The van der Waals surface area contributed by atoms with E-state index < -0.39 is 0 Å². The van der Waals surface area contributed by atoms with Gasteiger partial charge in [0.15, 0.2) is 5.13 Å². The molecule has 0 atom stereocenters. The van der Waals surface area contributed by atoms with Gasteiger partial charge in [0.1, 0.15) is 11.4 Å². The van der Waals surface area contributed by atoms with E-state index in [1.165, 1.54) is 23.7 Å². The lowest BCUT2D eigenvalue weighted by molar-refractivity contribution is 0.0391. The van der Waals surface area contributed by atoms with E-state index in [1.807, 2.05) is 18.2 Å². The van der Waals surface area contributed by atoms with Crippen molar-refractivity contribution in [3.8, 4) is 5.75 Å². The molecule has 1 saturated heterocycles. The van der Waals surface area contributed by atoms with Crippen LogP contribution in [0.25, 0.3) is 10.2 Å². The van der Waals surface area contributed by atoms with Crippen molar-refractivity contribution >= 4 is 32.6 Å². The lowest BCUT2D eigenvalue weighted by Gasteiger charge is -2.29. The SMILES string of the molecule is COc1ccc2sc(N(CCN3CCOCC3)C(=O)c3cnccn3)nc2c1. The summed E-state index contributed by atoms with van der Waals surface area (Å²) in [5.41, 5.74) is 1.11. The third kappa shape index (κ3) is 4.11. The Labute approximate surface area is 166 Å². The summed E-state index contributed by atoms with van der Waals surface area (Å²) in [6.07, 6.45) is 4.57. The molecule has 1 aliphatic heterocycles. The highest BCUT2D eigenvalue weighted by Gasteiger charge is 2.24. The number of amides is 1. The van der Waals surface area contributed by atoms with E-state index >= 15 is 0 Å². The quantitative estimate of drug-likeness (QED) is 0.628. The van der Waals surface area contributed by atoms with Crippen LogP contribution in [-0.4, -0.2) is 72.3 Å². The molecule has 9 heteroatoms. The minimum absolute atomic E-state index is 0.201. The Balaban J connectivity index is 1.62. The highest BCUT2D eigenvalue weighted by molar-refractivity contribution is 7.22. The van der Waals surface area contributed by atoms with Crippen molar-refractivity contribution in [3.05, 3.63) is 42.5 Å². The zero-order valence-corrected chi connectivity index (χ0v) is 16.4. The summed E-state index contributed by atoms with van der Waals surface area (Å²) in [7, 11) is 1.63. The van der Waals surface area contributed by atoms with Crippen molar-refractivity contribution in [2.45, 2.75) is 0 Å². The van der Waals surface area contributed by atoms with Gasteiger partial charge < -0.3 is 9.47 Å². The lowest BCUT2D eigenvalue weighted by atomic mass is 10.3. The predicted octanol–water partition coefficient (Wildman–Crippen LogP) is 2.07. The third-order valence-electron chi connectivity index (χ3n) is 4.59. The van der Waals surface area contributed by atoms with Gasteiger partial charge in [0.05, 0.1) is 36.7 Å². The number of ether oxygens (including phenoxy) is 2. The number of fused-ring (bicyclic) bond motifs is 1. The predicted molar refractivity (Wildman–Crippen MR) is 107 cm³/mol. The molecule has 0 bridgehead atoms. The average molecular weight is 399 g/mol. The number of benzene rings is 1. The number of carbonyl (C=O) groups is 1. The molecule has 1 aliphatic rings. The molecule has 0 radical (unpaired) electrons. The maximum absolute atomic E-state index is 13.1. The molecule has 1 aromatic carbocycles. The summed E-state index contributed by atoms with van der Waals surface area (Å²) in [6.45, 7) is 4.44. The number of methoxy groups -OCH3 is 1. The smallest absolute Gasteiger partial charge is 0.280 e. The van der Waals surface area contributed by atoms with Crippen LogP contribution in [0, 0.1) is 0 Å². The van der Waals surface area contributed by atoms with E-state index in [0.29, 0.717) is 17.4 Å². The Morgan fingerprint density at radius 1 is 1.32 bits per heavy atom. The topological polar surface area (TPSA) is 80.7 Å². The standard InChI is InChI=1S/C19H21N5O3S/c1-26-14-2-3-17-15(12-14)22-19(28-17)24(7-6-23-8-10-27-11-9-23)18(25)16-13-20-4-5-21-16/h2-5,12-13H,6-11H2,1H3. The summed E-state index contributed by atoms with van der Waals surface area (Å²) in [5, 5.41) is 0.646. The summed E-state index contributed by atoms with van der Waals surface area (Å²) < 4.78 is 11.7. The molecule has 0 saturated carbocycles. The van der Waals surface area contributed by atoms with Crippen molar-refractivity contribution in [1.82, 2.24) is 19.9 Å². The molecule has 1 amide bonds. The maximum atomic E-state index is 13.1. The largest absolute Gasteiger partial charge is 0.497 e. The van der Waals surface area contributed by atoms with Gasteiger partial charge in [-0.05, 0) is 12.1 Å². The van der Waals surface area contributed by atoms with Crippen LogP contribution in [0.3, 0.4) is 0 Å². The van der Waals surface area contributed by atoms with Gasteiger partial charge in [0.25, 0.3) is 5.91 Å². The third-order valence-corrected chi connectivity index (χ3v) is 5.64. The first-order valence-corrected chi connectivity index (χ1v) is 9.89. The average Bonchev–Trinajstić information content (AvgIpc) is 3.18. The Morgan fingerprint density at radius 2 is 2.18 bits per heavy atom. The Morgan fingerprint density at radius 3 is 2.93 bits per heavy atom. The highest BCUT2D eigenvalue weighted by atomic mass is 32.1. The summed E-state index contributed by atoms with van der Waals surface area (Å²) in [4.78, 5) is 30.0. The van der Waals surface area contributed by atoms with Crippen LogP contribution in [0.5, 0.6) is 5.75 Å². The van der Waals surface area contributed by atoms with Crippen molar-refractivity contribution in [1.29, 1.82) is 0 Å². The molecule has 146 valence electrons. The van der Waals surface area contributed by atoms with Crippen LogP contribution in [0.1, 0.15) is 10.5 Å². The van der Waals surface area contributed by atoms with Gasteiger partial charge in [-0.25, -0.2) is 9.97 Å². The molecule has 3 aromatic rings. The van der Waals surface area contributed by atoms with Crippen LogP contribution >= 0.6 is 11.3 Å². The van der Waals surface area contributed by atoms with Gasteiger partial charge in [-0.1, -0.05) is 11.3 Å². The number of aromatic nitrogens is 3. The van der Waals surface area contributed by atoms with Gasteiger partial charge >= 0.3 is 0 Å². The Kier molecular flexibility index (Phi) is 5.75. The van der Waals surface area contributed by atoms with E-state index in [4.69, 9.17) is 9.47 Å². The second-order valence-corrected chi connectivity index (χ2v) is 7.34. The molecular formula is C19H21N5O3S. The number of rotatable bonds is 6.